The van der Waals surface area contributed by atoms with E-state index in [1.54, 1.807) is 13.0 Å². The monoisotopic (exact) mass is 201 g/mol. The summed E-state index contributed by atoms with van der Waals surface area (Å²) in [5.74, 6) is 0.419. The Hall–Kier alpha value is -1.07. The molecule has 0 aromatic heterocycles. The summed E-state index contributed by atoms with van der Waals surface area (Å²) in [6.45, 7) is 1.72. The van der Waals surface area contributed by atoms with Gasteiger partial charge in [0.15, 0.2) is 11.1 Å². The van der Waals surface area contributed by atoms with E-state index in [1.165, 1.54) is 13.2 Å². The van der Waals surface area contributed by atoms with Crippen molar-refractivity contribution in [3.8, 4) is 5.75 Å². The molecule has 0 bridgehead atoms. The van der Waals surface area contributed by atoms with Gasteiger partial charge in [-0.3, -0.25) is 0 Å². The van der Waals surface area contributed by atoms with E-state index in [2.05, 4.69) is 0 Å². The van der Waals surface area contributed by atoms with E-state index in [-0.39, 0.29) is 0 Å². The lowest BCUT2D eigenvalue weighted by Crippen LogP contribution is -1.98. The Kier molecular flexibility index (Phi) is 2.90. The molecule has 5 heteroatoms. The number of benzene rings is 1. The van der Waals surface area contributed by atoms with Gasteiger partial charge in [-0.05, 0) is 18.6 Å². The Balaban J connectivity index is 3.30. The van der Waals surface area contributed by atoms with Crippen LogP contribution in [-0.4, -0.2) is 15.9 Å². The smallest absolute Gasteiger partial charge is 0.186 e. The molecule has 0 aliphatic rings. The molecule has 0 saturated carbocycles. The predicted octanol–water partition coefficient (Wildman–Crippen LogP) is 1.17. The van der Waals surface area contributed by atoms with E-state index in [1.807, 2.05) is 0 Å². The van der Waals surface area contributed by atoms with E-state index in [9.17, 15) is 4.21 Å². The number of aryl methyl sites for hydroxylation is 1. The zero-order valence-electron chi connectivity index (χ0n) is 7.40. The third-order valence-corrected chi connectivity index (χ3v) is 2.53. The van der Waals surface area contributed by atoms with Crippen LogP contribution in [0.4, 0.5) is 5.69 Å². The number of rotatable bonds is 2. The quantitative estimate of drug-likeness (QED) is 0.556. The Morgan fingerprint density at radius 3 is 2.62 bits per heavy atom. The van der Waals surface area contributed by atoms with Crippen molar-refractivity contribution in [2.75, 3.05) is 12.8 Å². The standard InChI is InChI=1S/C8H11NO3S/c1-5-3-6(9)7(12-2)4-8(5)13(10)11/h3-4H,9H2,1-2H3,(H,10,11). The molecule has 0 heterocycles. The van der Waals surface area contributed by atoms with Gasteiger partial charge in [0.1, 0.15) is 5.75 Å². The fraction of sp³-hybridized carbons (Fsp3) is 0.250. The summed E-state index contributed by atoms with van der Waals surface area (Å²) in [5, 5.41) is 0. The molecule has 0 spiro atoms. The van der Waals surface area contributed by atoms with Crippen LogP contribution in [0.2, 0.25) is 0 Å². The maximum atomic E-state index is 10.8. The predicted molar refractivity (Wildman–Crippen MR) is 51.2 cm³/mol. The molecule has 0 aliphatic carbocycles. The molecule has 0 fully saturated rings. The van der Waals surface area contributed by atoms with E-state index in [4.69, 9.17) is 15.0 Å². The van der Waals surface area contributed by atoms with Crippen molar-refractivity contribution in [3.05, 3.63) is 17.7 Å². The first kappa shape index (κ1) is 10.0. The zero-order chi connectivity index (χ0) is 10.0. The number of nitrogens with two attached hydrogens (primary N) is 1. The molecule has 72 valence electrons. The molecule has 0 aliphatic heterocycles. The highest BCUT2D eigenvalue weighted by Gasteiger charge is 2.09. The molecule has 4 nitrogen and oxygen atoms in total. The number of nitrogen functional groups attached to an aromatic ring is 1. The number of hydrogen-bond donors (Lipinski definition) is 2. The second kappa shape index (κ2) is 3.76. The highest BCUT2D eigenvalue weighted by Crippen LogP contribution is 2.26. The van der Waals surface area contributed by atoms with Gasteiger partial charge < -0.3 is 15.0 Å². The summed E-state index contributed by atoms with van der Waals surface area (Å²) in [7, 11) is 1.46. The SMILES string of the molecule is COc1cc(S(=O)O)c(C)cc1N. The van der Waals surface area contributed by atoms with Crippen LogP contribution in [0.15, 0.2) is 17.0 Å². The molecular formula is C8H11NO3S. The molecule has 1 aromatic carbocycles. The van der Waals surface area contributed by atoms with Gasteiger partial charge >= 0.3 is 0 Å². The van der Waals surface area contributed by atoms with E-state index >= 15 is 0 Å². The molecule has 0 amide bonds. The van der Waals surface area contributed by atoms with Crippen molar-refractivity contribution in [2.45, 2.75) is 11.8 Å². The topological polar surface area (TPSA) is 72.5 Å². The summed E-state index contributed by atoms with van der Waals surface area (Å²) in [4.78, 5) is 0.325. The first-order chi connectivity index (χ1) is 6.06. The van der Waals surface area contributed by atoms with Gasteiger partial charge in [0.25, 0.3) is 0 Å². The third-order valence-electron chi connectivity index (χ3n) is 1.72. The Labute approximate surface area is 79.0 Å². The van der Waals surface area contributed by atoms with Crippen LogP contribution in [0.25, 0.3) is 0 Å². The summed E-state index contributed by atoms with van der Waals surface area (Å²) in [6.07, 6.45) is 0. The van der Waals surface area contributed by atoms with Gasteiger partial charge in [-0.25, -0.2) is 4.21 Å². The van der Waals surface area contributed by atoms with E-state index in [0.717, 1.165) is 0 Å². The van der Waals surface area contributed by atoms with Crippen LogP contribution in [0.3, 0.4) is 0 Å². The van der Waals surface area contributed by atoms with Crippen LogP contribution >= 0.6 is 0 Å². The van der Waals surface area contributed by atoms with Crippen molar-refractivity contribution >= 4 is 16.8 Å². The van der Waals surface area contributed by atoms with Crippen molar-refractivity contribution in [1.29, 1.82) is 0 Å². The number of anilines is 1. The minimum atomic E-state index is -2.00. The zero-order valence-corrected chi connectivity index (χ0v) is 8.22. The Bertz CT molecular complexity index is 351. The van der Waals surface area contributed by atoms with Crippen molar-refractivity contribution in [1.82, 2.24) is 0 Å². The molecule has 1 atom stereocenters. The Morgan fingerprint density at radius 1 is 1.54 bits per heavy atom. The average molecular weight is 201 g/mol. The molecule has 1 rings (SSSR count). The molecule has 3 N–H and O–H groups in total. The van der Waals surface area contributed by atoms with Crippen molar-refractivity contribution in [3.63, 3.8) is 0 Å². The van der Waals surface area contributed by atoms with Crippen LogP contribution in [0, 0.1) is 6.92 Å². The minimum absolute atomic E-state index is 0.325. The lowest BCUT2D eigenvalue weighted by molar-refractivity contribution is 0.415. The second-order valence-corrected chi connectivity index (χ2v) is 3.55. The molecule has 13 heavy (non-hydrogen) atoms. The minimum Gasteiger partial charge on any atom is -0.495 e. The average Bonchev–Trinajstić information content (AvgIpc) is 2.03. The maximum Gasteiger partial charge on any atom is 0.186 e. The maximum absolute atomic E-state index is 10.8. The largest absolute Gasteiger partial charge is 0.495 e. The summed E-state index contributed by atoms with van der Waals surface area (Å²) in [6, 6.07) is 3.09. The van der Waals surface area contributed by atoms with Crippen LogP contribution in [0.1, 0.15) is 5.56 Å². The van der Waals surface area contributed by atoms with E-state index < -0.39 is 11.1 Å². The number of ether oxygens (including phenoxy) is 1. The first-order valence-corrected chi connectivity index (χ1v) is 4.72. The van der Waals surface area contributed by atoms with Gasteiger partial charge in [-0.1, -0.05) is 0 Å². The van der Waals surface area contributed by atoms with Crippen LogP contribution < -0.4 is 10.5 Å². The molecule has 0 radical (unpaired) electrons. The van der Waals surface area contributed by atoms with Gasteiger partial charge in [0.05, 0.1) is 17.7 Å². The van der Waals surface area contributed by atoms with Crippen LogP contribution in [-0.2, 0) is 11.1 Å². The normalized spacial score (nSPS) is 12.5. The molecule has 0 saturated heterocycles. The van der Waals surface area contributed by atoms with Crippen molar-refractivity contribution in [2.24, 2.45) is 0 Å². The highest BCUT2D eigenvalue weighted by molar-refractivity contribution is 7.79. The van der Waals surface area contributed by atoms with Gasteiger partial charge in [0, 0.05) is 6.07 Å². The summed E-state index contributed by atoms with van der Waals surface area (Å²) >= 11 is -2.00. The molecule has 1 unspecified atom stereocenters. The second-order valence-electron chi connectivity index (χ2n) is 2.61. The molecular weight excluding hydrogens is 190 g/mol. The number of hydrogen-bond acceptors (Lipinski definition) is 3. The number of methoxy groups -OCH3 is 1. The van der Waals surface area contributed by atoms with Gasteiger partial charge in [-0.2, -0.15) is 0 Å². The first-order valence-electron chi connectivity index (χ1n) is 3.61. The highest BCUT2D eigenvalue weighted by atomic mass is 32.2. The fourth-order valence-electron chi connectivity index (χ4n) is 1.06. The lowest BCUT2D eigenvalue weighted by Gasteiger charge is -2.07. The summed E-state index contributed by atoms with van der Waals surface area (Å²) < 4.78 is 24.6. The van der Waals surface area contributed by atoms with Crippen LogP contribution in [0.5, 0.6) is 5.75 Å². The van der Waals surface area contributed by atoms with Gasteiger partial charge in [-0.15, -0.1) is 0 Å². The lowest BCUT2D eigenvalue weighted by atomic mass is 10.2. The van der Waals surface area contributed by atoms with Gasteiger partial charge in [0.2, 0.25) is 0 Å². The van der Waals surface area contributed by atoms with E-state index in [0.29, 0.717) is 21.9 Å². The summed E-state index contributed by atoms with van der Waals surface area (Å²) in [5.41, 5.74) is 6.74. The third kappa shape index (κ3) is 1.99. The molecule has 1 aromatic rings. The van der Waals surface area contributed by atoms with Crippen molar-refractivity contribution < 1.29 is 13.5 Å². The Morgan fingerprint density at radius 2 is 2.15 bits per heavy atom. The fourth-order valence-corrected chi connectivity index (χ4v) is 1.60.